The number of rotatable bonds is 5. The lowest BCUT2D eigenvalue weighted by atomic mass is 9.95. The molecule has 0 aliphatic carbocycles. The van der Waals surface area contributed by atoms with Crippen molar-refractivity contribution in [3.8, 4) is 6.07 Å². The number of hydrogen-bond donors (Lipinski definition) is 1. The fourth-order valence-corrected chi connectivity index (χ4v) is 3.43. The second-order valence-electron chi connectivity index (χ2n) is 7.02. The third-order valence-corrected chi connectivity index (χ3v) is 5.09. The van der Waals surface area contributed by atoms with E-state index in [0.29, 0.717) is 37.1 Å². The van der Waals surface area contributed by atoms with Crippen LogP contribution >= 0.6 is 0 Å². The molecule has 1 N–H and O–H groups in total. The molecule has 2 heterocycles. The van der Waals surface area contributed by atoms with E-state index in [9.17, 15) is 13.6 Å². The second kappa shape index (κ2) is 8.34. The van der Waals surface area contributed by atoms with Crippen LogP contribution in [0.1, 0.15) is 29.5 Å². The van der Waals surface area contributed by atoms with Gasteiger partial charge in [0.25, 0.3) is 5.92 Å². The van der Waals surface area contributed by atoms with Crippen LogP contribution in [0.4, 0.5) is 14.6 Å². The summed E-state index contributed by atoms with van der Waals surface area (Å²) in [6.07, 6.45) is 2.66. The van der Waals surface area contributed by atoms with E-state index < -0.39 is 12.5 Å². The monoisotopic (exact) mass is 384 g/mol. The van der Waals surface area contributed by atoms with Crippen molar-refractivity contribution in [1.82, 2.24) is 10.3 Å². The number of aryl methyl sites for hydroxylation is 1. The number of carbonyl (C=O) groups excluding carboxylic acids is 1. The number of carbonyl (C=O) groups is 1. The molecular formula is C21H22F2N4O. The van der Waals surface area contributed by atoms with Crippen LogP contribution in [-0.2, 0) is 10.7 Å². The van der Waals surface area contributed by atoms with Gasteiger partial charge in [-0.25, -0.2) is 4.98 Å². The van der Waals surface area contributed by atoms with Gasteiger partial charge in [-0.1, -0.05) is 24.3 Å². The van der Waals surface area contributed by atoms with Crippen molar-refractivity contribution in [1.29, 1.82) is 5.26 Å². The van der Waals surface area contributed by atoms with E-state index in [1.54, 1.807) is 37.3 Å². The summed E-state index contributed by atoms with van der Waals surface area (Å²) in [6, 6.07) is 11.8. The molecule has 1 aromatic carbocycles. The maximum atomic E-state index is 14.4. The summed E-state index contributed by atoms with van der Waals surface area (Å²) in [4.78, 5) is 18.7. The molecule has 0 unspecified atom stereocenters. The molecule has 0 saturated carbocycles. The van der Waals surface area contributed by atoms with Crippen LogP contribution < -0.4 is 10.2 Å². The Balaban J connectivity index is 1.52. The Morgan fingerprint density at radius 3 is 2.61 bits per heavy atom. The predicted molar refractivity (Wildman–Crippen MR) is 102 cm³/mol. The fraction of sp³-hybridized carbons (Fsp3) is 0.381. The Morgan fingerprint density at radius 1 is 1.29 bits per heavy atom. The first-order valence-electron chi connectivity index (χ1n) is 9.23. The Morgan fingerprint density at radius 2 is 2.00 bits per heavy atom. The van der Waals surface area contributed by atoms with Crippen LogP contribution in [0.25, 0.3) is 0 Å². The van der Waals surface area contributed by atoms with Gasteiger partial charge in [0.15, 0.2) is 0 Å². The molecule has 1 fully saturated rings. The highest BCUT2D eigenvalue weighted by Crippen LogP contribution is 2.30. The van der Waals surface area contributed by atoms with Crippen molar-refractivity contribution >= 4 is 11.7 Å². The number of alkyl halides is 2. The standard InChI is InChI=1S/C21H22F2N4O/c1-15-4-2-3-5-18(15)21(22,23)14-26-20(28)17-8-10-27(11-9-17)19-7-6-16(12-24)13-25-19/h2-7,13,17H,8-11,14H2,1H3,(H,26,28). The SMILES string of the molecule is Cc1ccccc1C(F)(F)CNC(=O)C1CCN(c2ccc(C#N)cn2)CC1. The first-order chi connectivity index (χ1) is 13.4. The van der Waals surface area contributed by atoms with Gasteiger partial charge in [0.1, 0.15) is 11.9 Å². The molecule has 0 bridgehead atoms. The number of aromatic nitrogens is 1. The molecule has 3 rings (SSSR count). The van der Waals surface area contributed by atoms with E-state index in [1.807, 2.05) is 11.0 Å². The summed E-state index contributed by atoms with van der Waals surface area (Å²) < 4.78 is 28.9. The molecule has 0 atom stereocenters. The minimum atomic E-state index is -3.10. The Hall–Kier alpha value is -3.01. The first kappa shape index (κ1) is 19.7. The van der Waals surface area contributed by atoms with Gasteiger partial charge in [0.05, 0.1) is 12.1 Å². The van der Waals surface area contributed by atoms with Crippen molar-refractivity contribution < 1.29 is 13.6 Å². The zero-order valence-electron chi connectivity index (χ0n) is 15.7. The number of amides is 1. The van der Waals surface area contributed by atoms with Gasteiger partial charge in [-0.05, 0) is 37.5 Å². The first-order valence-corrected chi connectivity index (χ1v) is 9.23. The van der Waals surface area contributed by atoms with E-state index in [1.165, 1.54) is 12.3 Å². The van der Waals surface area contributed by atoms with Gasteiger partial charge < -0.3 is 10.2 Å². The molecular weight excluding hydrogens is 362 g/mol. The normalized spacial score (nSPS) is 15.1. The number of nitriles is 1. The van der Waals surface area contributed by atoms with Gasteiger partial charge in [0.2, 0.25) is 5.91 Å². The number of benzene rings is 1. The average Bonchev–Trinajstić information content (AvgIpc) is 2.72. The number of anilines is 1. The highest BCUT2D eigenvalue weighted by Gasteiger charge is 2.34. The summed E-state index contributed by atoms with van der Waals surface area (Å²) in [5.74, 6) is -2.97. The number of nitrogens with one attached hydrogen (secondary N) is 1. The van der Waals surface area contributed by atoms with Gasteiger partial charge in [-0.3, -0.25) is 4.79 Å². The molecule has 1 amide bonds. The second-order valence-corrected chi connectivity index (χ2v) is 7.02. The van der Waals surface area contributed by atoms with Gasteiger partial charge in [0, 0.05) is 30.8 Å². The van der Waals surface area contributed by atoms with Gasteiger partial charge in [-0.15, -0.1) is 0 Å². The minimum Gasteiger partial charge on any atom is -0.357 e. The van der Waals surface area contributed by atoms with Crippen LogP contribution in [0.5, 0.6) is 0 Å². The Labute approximate surface area is 163 Å². The van der Waals surface area contributed by atoms with Gasteiger partial charge >= 0.3 is 0 Å². The zero-order chi connectivity index (χ0) is 20.1. The molecule has 5 nitrogen and oxygen atoms in total. The lowest BCUT2D eigenvalue weighted by Crippen LogP contribution is -2.43. The zero-order valence-corrected chi connectivity index (χ0v) is 15.7. The van der Waals surface area contributed by atoms with Crippen molar-refractivity contribution in [3.63, 3.8) is 0 Å². The molecule has 1 aliphatic rings. The molecule has 0 spiro atoms. The van der Waals surface area contributed by atoms with Crippen molar-refractivity contribution in [2.75, 3.05) is 24.5 Å². The largest absolute Gasteiger partial charge is 0.357 e. The quantitative estimate of drug-likeness (QED) is 0.858. The lowest BCUT2D eigenvalue weighted by Gasteiger charge is -2.32. The molecule has 0 radical (unpaired) electrons. The number of halogens is 2. The van der Waals surface area contributed by atoms with Crippen LogP contribution in [0, 0.1) is 24.2 Å². The van der Waals surface area contributed by atoms with Crippen LogP contribution in [0.2, 0.25) is 0 Å². The highest BCUT2D eigenvalue weighted by molar-refractivity contribution is 5.79. The molecule has 1 aliphatic heterocycles. The van der Waals surface area contributed by atoms with E-state index in [2.05, 4.69) is 10.3 Å². The van der Waals surface area contributed by atoms with E-state index in [4.69, 9.17) is 5.26 Å². The smallest absolute Gasteiger partial charge is 0.290 e. The molecule has 1 aromatic heterocycles. The summed E-state index contributed by atoms with van der Waals surface area (Å²) >= 11 is 0. The summed E-state index contributed by atoms with van der Waals surface area (Å²) in [5, 5.41) is 11.3. The fourth-order valence-electron chi connectivity index (χ4n) is 3.43. The number of hydrogen-bond acceptors (Lipinski definition) is 4. The van der Waals surface area contributed by atoms with Crippen LogP contribution in [0.15, 0.2) is 42.6 Å². The molecule has 146 valence electrons. The third-order valence-electron chi connectivity index (χ3n) is 5.09. The minimum absolute atomic E-state index is 0.0583. The molecule has 2 aromatic rings. The summed E-state index contributed by atoms with van der Waals surface area (Å²) in [6.45, 7) is 2.17. The number of nitrogens with zero attached hydrogens (tertiary/aromatic N) is 3. The maximum Gasteiger partial charge on any atom is 0.290 e. The number of piperidine rings is 1. The third kappa shape index (κ3) is 4.45. The molecule has 7 heteroatoms. The van der Waals surface area contributed by atoms with Crippen molar-refractivity contribution in [2.45, 2.75) is 25.7 Å². The maximum absolute atomic E-state index is 14.4. The average molecular weight is 384 g/mol. The summed E-state index contributed by atoms with van der Waals surface area (Å²) in [7, 11) is 0. The predicted octanol–water partition coefficient (Wildman–Crippen LogP) is 3.39. The highest BCUT2D eigenvalue weighted by atomic mass is 19.3. The lowest BCUT2D eigenvalue weighted by molar-refractivity contribution is -0.127. The van der Waals surface area contributed by atoms with Crippen molar-refractivity contribution in [3.05, 3.63) is 59.3 Å². The topological polar surface area (TPSA) is 69.0 Å². The van der Waals surface area contributed by atoms with Gasteiger partial charge in [-0.2, -0.15) is 14.0 Å². The number of pyridine rings is 1. The van der Waals surface area contributed by atoms with E-state index in [-0.39, 0.29) is 17.4 Å². The molecule has 1 saturated heterocycles. The van der Waals surface area contributed by atoms with Crippen molar-refractivity contribution in [2.24, 2.45) is 5.92 Å². The van der Waals surface area contributed by atoms with E-state index in [0.717, 1.165) is 5.82 Å². The molecule has 28 heavy (non-hydrogen) atoms. The Kier molecular flexibility index (Phi) is 5.88. The summed E-state index contributed by atoms with van der Waals surface area (Å²) in [5.41, 5.74) is 0.939. The van der Waals surface area contributed by atoms with Crippen LogP contribution in [0.3, 0.4) is 0 Å². The Bertz CT molecular complexity index is 869. The van der Waals surface area contributed by atoms with Crippen LogP contribution in [-0.4, -0.2) is 30.5 Å². The van der Waals surface area contributed by atoms with E-state index >= 15 is 0 Å².